The number of aromatic nitrogens is 1. The number of pyridine rings is 1. The molecular weight excluding hydrogens is 338 g/mol. The molecule has 0 atom stereocenters. The minimum absolute atomic E-state index is 0.0675. The summed E-state index contributed by atoms with van der Waals surface area (Å²) in [6.07, 6.45) is 3.90. The third kappa shape index (κ3) is 5.07. The molecule has 0 unspecified atom stereocenters. The number of nitrogens with zero attached hydrogens (tertiary/aromatic N) is 3. The van der Waals surface area contributed by atoms with Crippen molar-refractivity contribution in [3.8, 4) is 0 Å². The topological polar surface area (TPSA) is 45.6 Å². The molecule has 1 amide bonds. The molecule has 144 valence electrons. The summed E-state index contributed by atoms with van der Waals surface area (Å²) in [4.78, 5) is 28.9. The first-order valence-corrected chi connectivity index (χ1v) is 9.79. The maximum atomic E-state index is 12.6. The maximum absolute atomic E-state index is 12.6. The molecule has 0 spiro atoms. The average Bonchev–Trinajstić information content (AvgIpc) is 2.69. The second-order valence-electron chi connectivity index (χ2n) is 7.43. The van der Waals surface area contributed by atoms with Gasteiger partial charge in [-0.05, 0) is 50.4 Å². The van der Waals surface area contributed by atoms with E-state index < -0.39 is 0 Å². The Morgan fingerprint density at radius 3 is 2.48 bits per heavy atom. The van der Waals surface area contributed by atoms with Crippen molar-refractivity contribution in [2.75, 3.05) is 26.7 Å². The lowest BCUT2D eigenvalue weighted by molar-refractivity contribution is 0.0737. The van der Waals surface area contributed by atoms with Crippen LogP contribution in [0.1, 0.15) is 35.7 Å². The van der Waals surface area contributed by atoms with E-state index in [1.165, 1.54) is 11.6 Å². The maximum Gasteiger partial charge on any atom is 0.253 e. The zero-order valence-corrected chi connectivity index (χ0v) is 16.3. The average molecular weight is 367 g/mol. The summed E-state index contributed by atoms with van der Waals surface area (Å²) in [6, 6.07) is 13.8. The fourth-order valence-corrected chi connectivity index (χ4v) is 3.76. The number of rotatable bonds is 6. The molecule has 0 bridgehead atoms. The van der Waals surface area contributed by atoms with Crippen molar-refractivity contribution < 1.29 is 4.79 Å². The van der Waals surface area contributed by atoms with Crippen LogP contribution in [-0.2, 0) is 13.1 Å². The number of benzene rings is 1. The summed E-state index contributed by atoms with van der Waals surface area (Å²) in [5.41, 5.74) is 1.71. The fraction of sp³-hybridized carbons (Fsp3) is 0.455. The normalized spacial score (nSPS) is 15.6. The highest BCUT2D eigenvalue weighted by Crippen LogP contribution is 2.20. The summed E-state index contributed by atoms with van der Waals surface area (Å²) in [5.74, 6) is 0.448. The number of hydrogen-bond acceptors (Lipinski definition) is 3. The van der Waals surface area contributed by atoms with Crippen LogP contribution < -0.4 is 5.56 Å². The van der Waals surface area contributed by atoms with Crippen LogP contribution in [0.4, 0.5) is 0 Å². The standard InChI is InChI=1S/C22H29N3O2/c1-3-25-14-11-20(15-21(25)26)22(27)23(2)16-19-9-12-24(13-10-19)17-18-7-5-4-6-8-18/h4-8,11,14-15,19H,3,9-10,12-13,16-17H2,1-2H3. The zero-order valence-electron chi connectivity index (χ0n) is 16.3. The summed E-state index contributed by atoms with van der Waals surface area (Å²) >= 11 is 0. The lowest BCUT2D eigenvalue weighted by atomic mass is 9.95. The van der Waals surface area contributed by atoms with E-state index in [1.54, 1.807) is 21.7 Å². The Kier molecular flexibility index (Phi) is 6.45. The van der Waals surface area contributed by atoms with Crippen LogP contribution in [0.15, 0.2) is 53.5 Å². The summed E-state index contributed by atoms with van der Waals surface area (Å²) in [6.45, 7) is 6.40. The third-order valence-corrected chi connectivity index (χ3v) is 5.42. The van der Waals surface area contributed by atoms with Gasteiger partial charge in [-0.2, -0.15) is 0 Å². The number of aryl methyl sites for hydroxylation is 1. The van der Waals surface area contributed by atoms with Crippen LogP contribution in [0.2, 0.25) is 0 Å². The highest BCUT2D eigenvalue weighted by atomic mass is 16.2. The van der Waals surface area contributed by atoms with Crippen LogP contribution in [0.3, 0.4) is 0 Å². The lowest BCUT2D eigenvalue weighted by Crippen LogP contribution is -2.39. The van der Waals surface area contributed by atoms with Crippen molar-refractivity contribution in [2.24, 2.45) is 5.92 Å². The largest absolute Gasteiger partial charge is 0.341 e. The molecule has 5 heteroatoms. The molecule has 5 nitrogen and oxygen atoms in total. The van der Waals surface area contributed by atoms with Crippen LogP contribution in [0.5, 0.6) is 0 Å². The fourth-order valence-electron chi connectivity index (χ4n) is 3.76. The van der Waals surface area contributed by atoms with Crippen molar-refractivity contribution in [3.63, 3.8) is 0 Å². The van der Waals surface area contributed by atoms with Crippen molar-refractivity contribution in [2.45, 2.75) is 32.9 Å². The van der Waals surface area contributed by atoms with E-state index in [4.69, 9.17) is 0 Å². The highest BCUT2D eigenvalue weighted by Gasteiger charge is 2.22. The molecular formula is C22H29N3O2. The van der Waals surface area contributed by atoms with Crippen LogP contribution in [0.25, 0.3) is 0 Å². The Hall–Kier alpha value is -2.40. The molecule has 1 saturated heterocycles. The van der Waals surface area contributed by atoms with Gasteiger partial charge in [-0.3, -0.25) is 14.5 Å². The van der Waals surface area contributed by atoms with Crippen molar-refractivity contribution >= 4 is 5.91 Å². The molecule has 1 fully saturated rings. The lowest BCUT2D eigenvalue weighted by Gasteiger charge is -2.34. The first-order chi connectivity index (χ1) is 13.1. The molecule has 1 aliphatic heterocycles. The van der Waals surface area contributed by atoms with Crippen molar-refractivity contribution in [1.29, 1.82) is 0 Å². The van der Waals surface area contributed by atoms with Gasteiger partial charge in [0.15, 0.2) is 0 Å². The van der Waals surface area contributed by atoms with Crippen molar-refractivity contribution in [1.82, 2.24) is 14.4 Å². The van der Waals surface area contributed by atoms with E-state index in [1.807, 2.05) is 20.0 Å². The SMILES string of the molecule is CCn1ccc(C(=O)N(C)CC2CCN(Cc3ccccc3)CC2)cc1=O. The Bertz CT molecular complexity index is 808. The summed E-state index contributed by atoms with van der Waals surface area (Å²) in [5, 5.41) is 0. The van der Waals surface area contributed by atoms with Gasteiger partial charge < -0.3 is 9.47 Å². The minimum atomic E-state index is -0.119. The van der Waals surface area contributed by atoms with Gasteiger partial charge >= 0.3 is 0 Å². The molecule has 27 heavy (non-hydrogen) atoms. The van der Waals surface area contributed by atoms with Crippen LogP contribution in [0, 0.1) is 5.92 Å². The molecule has 0 aliphatic carbocycles. The number of carbonyl (C=O) groups is 1. The minimum Gasteiger partial charge on any atom is -0.341 e. The van der Waals surface area contributed by atoms with Gasteiger partial charge in [-0.15, -0.1) is 0 Å². The first-order valence-electron chi connectivity index (χ1n) is 9.79. The molecule has 0 N–H and O–H groups in total. The Morgan fingerprint density at radius 2 is 1.85 bits per heavy atom. The van der Waals surface area contributed by atoms with Crippen LogP contribution in [-0.4, -0.2) is 47.0 Å². The number of piperidine rings is 1. The molecule has 0 saturated carbocycles. The van der Waals surface area contributed by atoms with Gasteiger partial charge in [0, 0.05) is 44.5 Å². The van der Waals surface area contributed by atoms with E-state index in [9.17, 15) is 9.59 Å². The van der Waals surface area contributed by atoms with E-state index >= 15 is 0 Å². The predicted molar refractivity (Wildman–Crippen MR) is 108 cm³/mol. The van der Waals surface area contributed by atoms with Gasteiger partial charge in [0.05, 0.1) is 0 Å². The molecule has 3 rings (SSSR count). The van der Waals surface area contributed by atoms with Gasteiger partial charge in [0.25, 0.3) is 11.5 Å². The van der Waals surface area contributed by atoms with Crippen LogP contribution >= 0.6 is 0 Å². The Labute approximate surface area is 161 Å². The number of hydrogen-bond donors (Lipinski definition) is 0. The third-order valence-electron chi connectivity index (χ3n) is 5.42. The second kappa shape index (κ2) is 9.00. The number of carbonyl (C=O) groups excluding carboxylic acids is 1. The van der Waals surface area contributed by atoms with E-state index in [0.29, 0.717) is 18.0 Å². The molecule has 2 heterocycles. The zero-order chi connectivity index (χ0) is 19.2. The second-order valence-corrected chi connectivity index (χ2v) is 7.43. The summed E-state index contributed by atoms with van der Waals surface area (Å²) in [7, 11) is 1.84. The highest BCUT2D eigenvalue weighted by molar-refractivity contribution is 5.93. The molecule has 1 aromatic carbocycles. The molecule has 1 aliphatic rings. The summed E-state index contributed by atoms with van der Waals surface area (Å²) < 4.78 is 1.60. The van der Waals surface area contributed by atoms with Crippen molar-refractivity contribution in [3.05, 3.63) is 70.1 Å². The number of likely N-dealkylation sites (tertiary alicyclic amines) is 1. The predicted octanol–water partition coefficient (Wildman–Crippen LogP) is 2.85. The molecule has 2 aromatic rings. The quantitative estimate of drug-likeness (QED) is 0.789. The molecule has 0 radical (unpaired) electrons. The van der Waals surface area contributed by atoms with E-state index in [0.717, 1.165) is 39.0 Å². The number of amides is 1. The first kappa shape index (κ1) is 19.4. The van der Waals surface area contributed by atoms with E-state index in [2.05, 4.69) is 29.2 Å². The molecule has 1 aromatic heterocycles. The van der Waals surface area contributed by atoms with Gasteiger partial charge in [-0.1, -0.05) is 30.3 Å². The van der Waals surface area contributed by atoms with E-state index in [-0.39, 0.29) is 11.5 Å². The Morgan fingerprint density at radius 1 is 1.15 bits per heavy atom. The van der Waals surface area contributed by atoms with Gasteiger partial charge in [-0.25, -0.2) is 0 Å². The smallest absolute Gasteiger partial charge is 0.253 e. The Balaban J connectivity index is 1.50. The monoisotopic (exact) mass is 367 g/mol. The van der Waals surface area contributed by atoms with Gasteiger partial charge in [0.1, 0.15) is 0 Å². The van der Waals surface area contributed by atoms with Gasteiger partial charge in [0.2, 0.25) is 0 Å².